The van der Waals surface area contributed by atoms with E-state index in [4.69, 9.17) is 4.98 Å². The summed E-state index contributed by atoms with van der Waals surface area (Å²) in [5.41, 5.74) is 2.94. The summed E-state index contributed by atoms with van der Waals surface area (Å²) in [6.07, 6.45) is 4.05. The summed E-state index contributed by atoms with van der Waals surface area (Å²) in [5.74, 6) is 0.291. The Bertz CT molecular complexity index is 1040. The second kappa shape index (κ2) is 7.35. The third kappa shape index (κ3) is 3.50. The lowest BCUT2D eigenvalue weighted by molar-refractivity contribution is 0.475. The molecule has 5 heteroatoms. The van der Waals surface area contributed by atoms with E-state index in [2.05, 4.69) is 0 Å². The number of aromatic hydroxyl groups is 1. The summed E-state index contributed by atoms with van der Waals surface area (Å²) in [5, 5.41) is 10.3. The van der Waals surface area contributed by atoms with E-state index in [9.17, 15) is 14.3 Å². The van der Waals surface area contributed by atoms with Crippen molar-refractivity contribution in [3.8, 4) is 17.1 Å². The monoisotopic (exact) mass is 364 g/mol. The van der Waals surface area contributed by atoms with Crippen LogP contribution in [0, 0.1) is 5.82 Å². The summed E-state index contributed by atoms with van der Waals surface area (Å²) in [7, 11) is 0. The molecule has 138 valence electrons. The van der Waals surface area contributed by atoms with Crippen LogP contribution in [-0.2, 0) is 25.8 Å². The molecule has 4 nitrogen and oxygen atoms in total. The fraction of sp³-hybridized carbons (Fsp3) is 0.273. The van der Waals surface area contributed by atoms with E-state index in [1.165, 1.54) is 12.1 Å². The van der Waals surface area contributed by atoms with Crippen molar-refractivity contribution in [2.24, 2.45) is 0 Å². The van der Waals surface area contributed by atoms with Gasteiger partial charge in [-0.3, -0.25) is 9.36 Å². The van der Waals surface area contributed by atoms with Crippen molar-refractivity contribution in [3.63, 3.8) is 0 Å². The van der Waals surface area contributed by atoms with Crippen LogP contribution in [0.2, 0.25) is 0 Å². The number of para-hydroxylation sites is 1. The first kappa shape index (κ1) is 17.5. The predicted octanol–water partition coefficient (Wildman–Crippen LogP) is 3.88. The highest BCUT2D eigenvalue weighted by molar-refractivity contribution is 5.64. The third-order valence-corrected chi connectivity index (χ3v) is 5.10. The zero-order chi connectivity index (χ0) is 18.8. The highest BCUT2D eigenvalue weighted by Crippen LogP contribution is 2.28. The minimum Gasteiger partial charge on any atom is -0.507 e. The number of fused-ring (bicyclic) bond motifs is 1. The molecule has 0 unspecified atom stereocenters. The first-order valence-electron chi connectivity index (χ1n) is 9.29. The van der Waals surface area contributed by atoms with E-state index in [0.717, 1.165) is 42.5 Å². The summed E-state index contributed by atoms with van der Waals surface area (Å²) in [6.45, 7) is 0.381. The first-order chi connectivity index (χ1) is 13.1. The normalized spacial score (nSPS) is 13.4. The van der Waals surface area contributed by atoms with Crippen LogP contribution in [0.25, 0.3) is 11.4 Å². The Labute approximate surface area is 156 Å². The summed E-state index contributed by atoms with van der Waals surface area (Å²) in [6, 6.07) is 13.3. The van der Waals surface area contributed by atoms with Crippen LogP contribution in [0.5, 0.6) is 5.75 Å². The van der Waals surface area contributed by atoms with Gasteiger partial charge in [0.25, 0.3) is 5.56 Å². The highest BCUT2D eigenvalue weighted by Gasteiger charge is 2.21. The van der Waals surface area contributed by atoms with E-state index in [0.29, 0.717) is 24.4 Å². The van der Waals surface area contributed by atoms with Gasteiger partial charge in [0, 0.05) is 12.1 Å². The lowest BCUT2D eigenvalue weighted by Crippen LogP contribution is -2.30. The molecule has 0 spiro atoms. The number of aryl methyl sites for hydroxylation is 2. The molecule has 0 saturated carbocycles. The molecule has 0 radical (unpaired) electrons. The fourth-order valence-electron chi connectivity index (χ4n) is 3.70. The maximum absolute atomic E-state index is 13.5. The van der Waals surface area contributed by atoms with E-state index in [1.807, 2.05) is 12.1 Å². The van der Waals surface area contributed by atoms with Crippen LogP contribution in [0.3, 0.4) is 0 Å². The number of phenols is 1. The molecule has 1 aliphatic carbocycles. The molecular formula is C22H21FN2O2. The van der Waals surface area contributed by atoms with Gasteiger partial charge in [-0.25, -0.2) is 9.37 Å². The summed E-state index contributed by atoms with van der Waals surface area (Å²) < 4.78 is 15.1. The van der Waals surface area contributed by atoms with Crippen molar-refractivity contribution in [1.82, 2.24) is 9.55 Å². The quantitative estimate of drug-likeness (QED) is 0.764. The van der Waals surface area contributed by atoms with Gasteiger partial charge >= 0.3 is 0 Å². The molecule has 0 atom stereocenters. The smallest absolute Gasteiger partial charge is 0.257 e. The zero-order valence-electron chi connectivity index (χ0n) is 15.0. The minimum absolute atomic E-state index is 0.0469. The Morgan fingerprint density at radius 2 is 1.89 bits per heavy atom. The van der Waals surface area contributed by atoms with Crippen molar-refractivity contribution in [3.05, 3.63) is 81.5 Å². The van der Waals surface area contributed by atoms with Gasteiger partial charge in [0.1, 0.15) is 17.4 Å². The van der Waals surface area contributed by atoms with Crippen molar-refractivity contribution < 1.29 is 9.50 Å². The molecule has 1 aliphatic rings. The van der Waals surface area contributed by atoms with Crippen LogP contribution in [0.15, 0.2) is 53.3 Å². The van der Waals surface area contributed by atoms with Crippen LogP contribution in [-0.4, -0.2) is 14.7 Å². The Morgan fingerprint density at radius 3 is 2.70 bits per heavy atom. The third-order valence-electron chi connectivity index (χ3n) is 5.10. The second-order valence-corrected chi connectivity index (χ2v) is 6.92. The number of hydrogen-bond acceptors (Lipinski definition) is 3. The van der Waals surface area contributed by atoms with Gasteiger partial charge in [0.2, 0.25) is 0 Å². The largest absolute Gasteiger partial charge is 0.507 e. The maximum atomic E-state index is 13.5. The number of nitrogens with zero attached hydrogens (tertiary/aromatic N) is 2. The molecule has 0 bridgehead atoms. The topological polar surface area (TPSA) is 55.1 Å². The number of rotatable bonds is 4. The van der Waals surface area contributed by atoms with Crippen LogP contribution in [0.4, 0.5) is 4.39 Å². The standard InChI is InChI=1S/C22H21FN2O2/c23-16-7-5-6-15(14-16)12-13-25-21(18-9-2-4-11-20(18)26)24-19-10-3-1-8-17(19)22(25)27/h2,4-7,9,11,14,26H,1,3,8,10,12-13H2. The molecule has 1 N–H and O–H groups in total. The average Bonchev–Trinajstić information content (AvgIpc) is 2.68. The van der Waals surface area contributed by atoms with Crippen molar-refractivity contribution in [2.75, 3.05) is 0 Å². The van der Waals surface area contributed by atoms with Gasteiger partial charge in [0.15, 0.2) is 0 Å². The van der Waals surface area contributed by atoms with Gasteiger partial charge < -0.3 is 5.11 Å². The number of hydrogen-bond donors (Lipinski definition) is 1. The Hall–Kier alpha value is -2.95. The highest BCUT2D eigenvalue weighted by atomic mass is 19.1. The van der Waals surface area contributed by atoms with E-state index < -0.39 is 0 Å². The molecule has 1 aromatic heterocycles. The Balaban J connectivity index is 1.80. The van der Waals surface area contributed by atoms with Crippen LogP contribution in [0.1, 0.15) is 29.7 Å². The van der Waals surface area contributed by atoms with Gasteiger partial charge in [-0.15, -0.1) is 0 Å². The van der Waals surface area contributed by atoms with Crippen LogP contribution < -0.4 is 5.56 Å². The number of aromatic nitrogens is 2. The molecule has 3 aromatic rings. The fourth-order valence-corrected chi connectivity index (χ4v) is 3.70. The van der Waals surface area contributed by atoms with E-state index in [-0.39, 0.29) is 17.1 Å². The predicted molar refractivity (Wildman–Crippen MR) is 102 cm³/mol. The maximum Gasteiger partial charge on any atom is 0.257 e. The SMILES string of the molecule is O=c1c2c(nc(-c3ccccc3O)n1CCc1cccc(F)c1)CCCC2. The summed E-state index contributed by atoms with van der Waals surface area (Å²) >= 11 is 0. The zero-order valence-corrected chi connectivity index (χ0v) is 15.0. The van der Waals surface area contributed by atoms with Crippen molar-refractivity contribution in [1.29, 1.82) is 0 Å². The molecule has 0 saturated heterocycles. The first-order valence-corrected chi connectivity index (χ1v) is 9.29. The number of halogens is 1. The second-order valence-electron chi connectivity index (χ2n) is 6.92. The molecule has 27 heavy (non-hydrogen) atoms. The van der Waals surface area contributed by atoms with Crippen molar-refractivity contribution in [2.45, 2.75) is 38.6 Å². The van der Waals surface area contributed by atoms with Gasteiger partial charge in [-0.2, -0.15) is 0 Å². The molecule has 0 aliphatic heterocycles. The summed E-state index contributed by atoms with van der Waals surface area (Å²) in [4.78, 5) is 17.9. The van der Waals surface area contributed by atoms with E-state index >= 15 is 0 Å². The molecule has 0 amide bonds. The number of phenolic OH excluding ortho intramolecular Hbond substituents is 1. The van der Waals surface area contributed by atoms with Gasteiger partial charge in [-0.05, 0) is 61.9 Å². The Morgan fingerprint density at radius 1 is 1.07 bits per heavy atom. The molecular weight excluding hydrogens is 343 g/mol. The Kier molecular flexibility index (Phi) is 4.75. The molecule has 1 heterocycles. The lowest BCUT2D eigenvalue weighted by Gasteiger charge is -2.20. The number of benzene rings is 2. The lowest BCUT2D eigenvalue weighted by atomic mass is 9.96. The van der Waals surface area contributed by atoms with Gasteiger partial charge in [-0.1, -0.05) is 24.3 Å². The van der Waals surface area contributed by atoms with Crippen molar-refractivity contribution >= 4 is 0 Å². The van der Waals surface area contributed by atoms with E-state index in [1.54, 1.807) is 28.8 Å². The van der Waals surface area contributed by atoms with Crippen LogP contribution >= 0.6 is 0 Å². The average molecular weight is 364 g/mol. The molecule has 2 aromatic carbocycles. The molecule has 4 rings (SSSR count). The molecule has 0 fully saturated rings. The minimum atomic E-state index is -0.288. The van der Waals surface area contributed by atoms with Gasteiger partial charge in [0.05, 0.1) is 11.3 Å².